The molecule has 632 valence electrons. The molecule has 0 spiro atoms. The minimum atomic E-state index is -2.24. The van der Waals surface area contributed by atoms with Gasteiger partial charge in [-0.1, -0.05) is 180 Å². The summed E-state index contributed by atoms with van der Waals surface area (Å²) in [6.45, 7) is 1.41. The van der Waals surface area contributed by atoms with Crippen LogP contribution in [0.15, 0.2) is 12.2 Å². The first kappa shape index (κ1) is 94.3. The maximum absolute atomic E-state index is 13.5. The molecule has 6 fully saturated rings. The third-order valence-corrected chi connectivity index (χ3v) is 21.3. The SMILES string of the molecule is CCCCCCCCCCCCC/C=C/[C@@H](O)[C@H](CO[C@@H]1OC(CO)[C@@H](O[C@@H]2OC(CO)[C@H](O[C@@H]3OC(CO)[C@H](O[C@@H]4OC(CO)[C@H](O)[C@H](O[C@@H]5OC(CO)[C@H](O)[C@H](O[C@H]6C(O)[C@H](O)C(C)O[C@H]6O)C5O)C4NC(C)=O)[C@H](O)C3O)[C@H](O)C2O)[C@H](O)C1O)NC(=O)CCCCCCCCCCCCCCCCC. The van der Waals surface area contributed by atoms with Crippen LogP contribution in [0.1, 0.15) is 207 Å². The second kappa shape index (κ2) is 50.1. The molecule has 32 atom stereocenters. The molecule has 6 aliphatic heterocycles. The van der Waals surface area contributed by atoms with Gasteiger partial charge in [0.1, 0.15) is 140 Å². The van der Waals surface area contributed by atoms with Crippen LogP contribution in [0.25, 0.3) is 0 Å². The molecule has 2 amide bonds. The van der Waals surface area contributed by atoms with Crippen molar-refractivity contribution in [2.75, 3.05) is 39.6 Å². The molecule has 0 aliphatic carbocycles. The van der Waals surface area contributed by atoms with Crippen molar-refractivity contribution in [2.45, 2.75) is 404 Å². The fourth-order valence-electron chi connectivity index (χ4n) is 14.7. The highest BCUT2D eigenvalue weighted by molar-refractivity contribution is 5.76. The Balaban J connectivity index is 1.05. The van der Waals surface area contributed by atoms with Crippen molar-refractivity contribution < 1.29 is 158 Å². The number of amides is 2. The van der Waals surface area contributed by atoms with E-state index in [1.165, 1.54) is 116 Å². The summed E-state index contributed by atoms with van der Waals surface area (Å²) >= 11 is 0. The molecule has 34 nitrogen and oxygen atoms in total. The summed E-state index contributed by atoms with van der Waals surface area (Å²) in [5.74, 6) is -1.18. The first-order valence-electron chi connectivity index (χ1n) is 39.8. The monoisotopic (exact) mass is 1560 g/mol. The van der Waals surface area contributed by atoms with Gasteiger partial charge in [0.15, 0.2) is 37.7 Å². The van der Waals surface area contributed by atoms with E-state index >= 15 is 0 Å². The lowest BCUT2D eigenvalue weighted by atomic mass is 9.94. The Morgan fingerprint density at radius 2 is 0.750 bits per heavy atom. The zero-order valence-corrected chi connectivity index (χ0v) is 63.4. The van der Waals surface area contributed by atoms with Crippen molar-refractivity contribution in [1.29, 1.82) is 0 Å². The lowest BCUT2D eigenvalue weighted by Gasteiger charge is -2.50. The molecule has 6 heterocycles. The van der Waals surface area contributed by atoms with E-state index in [2.05, 4.69) is 24.5 Å². The van der Waals surface area contributed by atoms with Crippen LogP contribution < -0.4 is 10.6 Å². The Bertz CT molecular complexity index is 2450. The molecule has 6 aliphatic rings. The van der Waals surface area contributed by atoms with Crippen LogP contribution >= 0.6 is 0 Å². The molecule has 6 rings (SSSR count). The summed E-state index contributed by atoms with van der Waals surface area (Å²) in [5.41, 5.74) is 0. The second-order valence-electron chi connectivity index (χ2n) is 29.9. The highest BCUT2D eigenvalue weighted by Crippen LogP contribution is 2.38. The summed E-state index contributed by atoms with van der Waals surface area (Å²) in [5, 5.41) is 205. The largest absolute Gasteiger partial charge is 0.394 e. The summed E-state index contributed by atoms with van der Waals surface area (Å²) in [4.78, 5) is 26.3. The third-order valence-electron chi connectivity index (χ3n) is 21.3. The van der Waals surface area contributed by atoms with Crippen LogP contribution in [0.2, 0.25) is 0 Å². The molecule has 20 N–H and O–H groups in total. The number of carbonyl (C=O) groups excluding carboxylic acids is 2. The number of hydrogen-bond acceptors (Lipinski definition) is 32. The van der Waals surface area contributed by atoms with E-state index < -0.39 is 242 Å². The number of carbonyl (C=O) groups is 2. The standard InChI is InChI=1S/C74H134N2O32/c1-5-7-9-11-13-15-17-19-20-22-24-26-28-30-32-34-50(84)76-43(44(83)33-31-29-27-25-23-21-18-16-14-12-10-8-6-2)40-97-71-59(92)56(89)64(47(37-79)101-71)106-73-61(94)58(91)65(49(39-81)103-73)107-72-60(93)57(90)63(48(38-80)102-72)105-70-51(75-42(4)82)66(53(86)45(35-77)99-70)108-74-62(95)67(54(87)46(36-78)100-74)104-68-55(88)52(85)41(3)98-69(68)96/h31,33,41,43-49,51-74,77-81,83,85-96H,5-30,32,34-40H2,1-4H3,(H,75,82)(H,76,84)/b33-31+/t41?,43-,44+,45?,46?,47?,48?,49?,51?,52+,53-,54-,55?,56+,57+,58+,59?,60?,61?,62?,63-,64+,65-,66+,67-,68-,69+,70-,71+,72-,73-,74-/m0/s1. The van der Waals surface area contributed by atoms with Gasteiger partial charge in [0.05, 0.1) is 57.9 Å². The van der Waals surface area contributed by atoms with Crippen LogP contribution in [0, 0.1) is 0 Å². The summed E-state index contributed by atoms with van der Waals surface area (Å²) < 4.78 is 69.9. The third kappa shape index (κ3) is 28.2. The predicted octanol–water partition coefficient (Wildman–Crippen LogP) is -1.54. The molecule has 0 aromatic carbocycles. The minimum absolute atomic E-state index is 0.190. The van der Waals surface area contributed by atoms with Crippen LogP contribution in [0.3, 0.4) is 0 Å². The van der Waals surface area contributed by atoms with Crippen LogP contribution in [-0.4, -0.2) is 340 Å². The van der Waals surface area contributed by atoms with Crippen LogP contribution in [0.4, 0.5) is 0 Å². The van der Waals surface area contributed by atoms with Crippen molar-refractivity contribution in [3.05, 3.63) is 12.2 Å². The molecule has 0 aromatic heterocycles. The van der Waals surface area contributed by atoms with Crippen molar-refractivity contribution in [3.63, 3.8) is 0 Å². The Labute approximate surface area is 634 Å². The number of ether oxygens (including phenoxy) is 12. The molecule has 6 saturated heterocycles. The molecule has 0 saturated carbocycles. The summed E-state index contributed by atoms with van der Waals surface area (Å²) in [7, 11) is 0. The van der Waals surface area contributed by atoms with Gasteiger partial charge >= 0.3 is 0 Å². The van der Waals surface area contributed by atoms with E-state index in [-0.39, 0.29) is 12.3 Å². The maximum Gasteiger partial charge on any atom is 0.220 e. The van der Waals surface area contributed by atoms with Crippen molar-refractivity contribution in [3.8, 4) is 0 Å². The number of unbranched alkanes of at least 4 members (excludes halogenated alkanes) is 25. The Hall–Kier alpha value is -2.52. The Morgan fingerprint density at radius 1 is 0.389 bits per heavy atom. The van der Waals surface area contributed by atoms with E-state index in [1.807, 2.05) is 6.08 Å². The fraction of sp³-hybridized carbons (Fsp3) is 0.946. The smallest absolute Gasteiger partial charge is 0.220 e. The number of nitrogens with one attached hydrogen (secondary N) is 2. The Morgan fingerprint density at radius 3 is 1.19 bits per heavy atom. The maximum atomic E-state index is 13.5. The molecular weight excluding hydrogens is 1430 g/mol. The zero-order valence-electron chi connectivity index (χ0n) is 63.4. The fourth-order valence-corrected chi connectivity index (χ4v) is 14.7. The van der Waals surface area contributed by atoms with Gasteiger partial charge in [-0.2, -0.15) is 0 Å². The topological polar surface area (TPSA) is 533 Å². The quantitative estimate of drug-likeness (QED) is 0.0242. The highest BCUT2D eigenvalue weighted by Gasteiger charge is 2.58. The molecule has 108 heavy (non-hydrogen) atoms. The first-order valence-corrected chi connectivity index (χ1v) is 39.8. The number of aliphatic hydroxyl groups is 18. The Kier molecular flexibility index (Phi) is 43.7. The molecule has 0 bridgehead atoms. The predicted molar refractivity (Wildman–Crippen MR) is 381 cm³/mol. The average molecular weight is 1560 g/mol. The van der Waals surface area contributed by atoms with Crippen LogP contribution in [-0.2, 0) is 66.4 Å². The van der Waals surface area contributed by atoms with Gasteiger partial charge < -0.3 is 159 Å². The number of rotatable bonds is 50. The second-order valence-corrected chi connectivity index (χ2v) is 29.9. The van der Waals surface area contributed by atoms with Crippen LogP contribution in [0.5, 0.6) is 0 Å². The first-order chi connectivity index (χ1) is 51.9. The lowest BCUT2D eigenvalue weighted by molar-refractivity contribution is -0.389. The van der Waals surface area contributed by atoms with Crippen molar-refractivity contribution in [1.82, 2.24) is 10.6 Å². The number of aliphatic hydroxyl groups excluding tert-OH is 18. The minimum Gasteiger partial charge on any atom is -0.394 e. The van der Waals surface area contributed by atoms with Gasteiger partial charge in [-0.25, -0.2) is 0 Å². The molecule has 0 aromatic rings. The molecule has 12 unspecified atom stereocenters. The van der Waals surface area contributed by atoms with Gasteiger partial charge in [-0.3, -0.25) is 9.59 Å². The van der Waals surface area contributed by atoms with E-state index in [1.54, 1.807) is 6.08 Å². The lowest BCUT2D eigenvalue weighted by Crippen LogP contribution is -2.70. The molecule has 34 heteroatoms. The normalized spacial score (nSPS) is 38.2. The van der Waals surface area contributed by atoms with E-state index in [0.29, 0.717) is 12.8 Å². The zero-order chi connectivity index (χ0) is 79.0. The van der Waals surface area contributed by atoms with E-state index in [0.717, 1.165) is 58.3 Å². The number of allylic oxidation sites excluding steroid dienone is 1. The number of hydrogen-bond donors (Lipinski definition) is 20. The van der Waals surface area contributed by atoms with E-state index in [4.69, 9.17) is 56.8 Å². The van der Waals surface area contributed by atoms with Gasteiger partial charge in [0.2, 0.25) is 11.8 Å². The molecular formula is C74H134N2O32. The van der Waals surface area contributed by atoms with Crippen molar-refractivity contribution in [2.24, 2.45) is 0 Å². The highest BCUT2D eigenvalue weighted by atomic mass is 16.8. The van der Waals surface area contributed by atoms with Gasteiger partial charge in [0.25, 0.3) is 0 Å². The van der Waals surface area contributed by atoms with Gasteiger partial charge in [-0.05, 0) is 26.2 Å². The summed E-state index contributed by atoms with van der Waals surface area (Å²) in [6, 6.07) is -2.81. The average Bonchev–Trinajstić information content (AvgIpc) is 0.697. The molecule has 0 radical (unpaired) electrons. The summed E-state index contributed by atoms with van der Waals surface area (Å²) in [6.07, 6.45) is -21.0. The van der Waals surface area contributed by atoms with Gasteiger partial charge in [0, 0.05) is 13.3 Å². The van der Waals surface area contributed by atoms with E-state index in [9.17, 15) is 102 Å². The van der Waals surface area contributed by atoms with Gasteiger partial charge in [-0.15, -0.1) is 0 Å². The van der Waals surface area contributed by atoms with Crippen molar-refractivity contribution >= 4 is 11.8 Å².